The SMILES string of the molecule is CC1CCC2C1CCC1C2CC=C2CC(Cl)CCC21C. The van der Waals surface area contributed by atoms with Crippen molar-refractivity contribution in [2.24, 2.45) is 35.0 Å². The lowest BCUT2D eigenvalue weighted by molar-refractivity contribution is 0.00761. The third kappa shape index (κ3) is 1.86. The highest BCUT2D eigenvalue weighted by molar-refractivity contribution is 6.20. The zero-order valence-electron chi connectivity index (χ0n) is 13.1. The molecule has 0 aromatic rings. The molecule has 0 aromatic heterocycles. The monoisotopic (exact) mass is 292 g/mol. The van der Waals surface area contributed by atoms with Crippen LogP contribution >= 0.6 is 11.6 Å². The summed E-state index contributed by atoms with van der Waals surface area (Å²) in [6, 6.07) is 0. The second-order valence-corrected chi connectivity index (χ2v) is 9.07. The van der Waals surface area contributed by atoms with Crippen LogP contribution in [0.4, 0.5) is 0 Å². The molecule has 0 nitrogen and oxygen atoms in total. The molecule has 7 unspecified atom stereocenters. The Morgan fingerprint density at radius 1 is 1.05 bits per heavy atom. The van der Waals surface area contributed by atoms with Crippen LogP contribution in [0.5, 0.6) is 0 Å². The van der Waals surface area contributed by atoms with E-state index >= 15 is 0 Å². The maximum absolute atomic E-state index is 6.44. The second-order valence-electron chi connectivity index (χ2n) is 8.45. The summed E-state index contributed by atoms with van der Waals surface area (Å²) in [5.74, 6) is 5.07. The van der Waals surface area contributed by atoms with E-state index in [9.17, 15) is 0 Å². The molecule has 4 aliphatic carbocycles. The molecule has 0 N–H and O–H groups in total. The van der Waals surface area contributed by atoms with Crippen LogP contribution in [0.3, 0.4) is 0 Å². The smallest absolute Gasteiger partial charge is 0.0373 e. The molecule has 7 atom stereocenters. The lowest BCUT2D eigenvalue weighted by Gasteiger charge is -2.55. The van der Waals surface area contributed by atoms with Crippen molar-refractivity contribution >= 4 is 11.6 Å². The van der Waals surface area contributed by atoms with Crippen molar-refractivity contribution in [1.29, 1.82) is 0 Å². The Labute approximate surface area is 129 Å². The highest BCUT2D eigenvalue weighted by Crippen LogP contribution is 2.62. The Morgan fingerprint density at radius 2 is 1.85 bits per heavy atom. The third-order valence-electron chi connectivity index (χ3n) is 7.72. The lowest BCUT2D eigenvalue weighted by Crippen LogP contribution is -2.47. The van der Waals surface area contributed by atoms with Crippen LogP contribution < -0.4 is 0 Å². The zero-order valence-corrected chi connectivity index (χ0v) is 13.8. The van der Waals surface area contributed by atoms with E-state index in [4.69, 9.17) is 11.6 Å². The van der Waals surface area contributed by atoms with Crippen LogP contribution in [0, 0.1) is 35.0 Å². The van der Waals surface area contributed by atoms with Gasteiger partial charge in [0.2, 0.25) is 0 Å². The molecule has 0 aliphatic heterocycles. The van der Waals surface area contributed by atoms with Crippen LogP contribution in [-0.4, -0.2) is 5.38 Å². The Balaban J connectivity index is 1.65. The molecule has 0 spiro atoms. The Kier molecular flexibility index (Phi) is 3.26. The third-order valence-corrected chi connectivity index (χ3v) is 8.09. The van der Waals surface area contributed by atoms with E-state index in [0.717, 1.165) is 29.6 Å². The molecule has 0 radical (unpaired) electrons. The van der Waals surface area contributed by atoms with E-state index in [1.807, 2.05) is 0 Å². The molecule has 0 bridgehead atoms. The lowest BCUT2D eigenvalue weighted by atomic mass is 9.50. The number of hydrogen-bond donors (Lipinski definition) is 0. The van der Waals surface area contributed by atoms with Crippen LogP contribution in [0.1, 0.15) is 65.2 Å². The van der Waals surface area contributed by atoms with Gasteiger partial charge in [-0.1, -0.05) is 31.9 Å². The fraction of sp³-hybridized carbons (Fsp3) is 0.895. The van der Waals surface area contributed by atoms with Gasteiger partial charge >= 0.3 is 0 Å². The summed E-state index contributed by atoms with van der Waals surface area (Å²) < 4.78 is 0. The molecule has 0 saturated heterocycles. The van der Waals surface area contributed by atoms with Gasteiger partial charge in [-0.05, 0) is 80.0 Å². The van der Waals surface area contributed by atoms with Gasteiger partial charge in [0.25, 0.3) is 0 Å². The maximum Gasteiger partial charge on any atom is 0.0373 e. The number of rotatable bonds is 0. The maximum atomic E-state index is 6.44. The number of hydrogen-bond acceptors (Lipinski definition) is 0. The summed E-state index contributed by atoms with van der Waals surface area (Å²) in [6.07, 6.45) is 13.8. The van der Waals surface area contributed by atoms with Crippen molar-refractivity contribution in [3.63, 3.8) is 0 Å². The van der Waals surface area contributed by atoms with Crippen LogP contribution in [-0.2, 0) is 0 Å². The first-order valence-corrected chi connectivity index (χ1v) is 9.37. The number of alkyl halides is 1. The fourth-order valence-corrected chi connectivity index (χ4v) is 6.83. The highest BCUT2D eigenvalue weighted by Gasteiger charge is 2.53. The summed E-state index contributed by atoms with van der Waals surface area (Å²) in [5.41, 5.74) is 2.24. The molecule has 0 amide bonds. The first-order valence-electron chi connectivity index (χ1n) is 8.93. The minimum atomic E-state index is 0.411. The summed E-state index contributed by atoms with van der Waals surface area (Å²) >= 11 is 6.44. The number of allylic oxidation sites excluding steroid dienone is 2. The Morgan fingerprint density at radius 3 is 2.70 bits per heavy atom. The van der Waals surface area contributed by atoms with Gasteiger partial charge in [-0.25, -0.2) is 0 Å². The van der Waals surface area contributed by atoms with Gasteiger partial charge in [0.15, 0.2) is 0 Å². The molecule has 1 heteroatoms. The fourth-order valence-electron chi connectivity index (χ4n) is 6.56. The molecule has 3 saturated carbocycles. The molecule has 3 fully saturated rings. The molecule has 20 heavy (non-hydrogen) atoms. The van der Waals surface area contributed by atoms with Gasteiger partial charge in [0.05, 0.1) is 0 Å². The minimum absolute atomic E-state index is 0.411. The van der Waals surface area contributed by atoms with Gasteiger partial charge in [0.1, 0.15) is 0 Å². The molecular weight excluding hydrogens is 264 g/mol. The predicted molar refractivity (Wildman–Crippen MR) is 85.9 cm³/mol. The van der Waals surface area contributed by atoms with E-state index in [2.05, 4.69) is 19.9 Å². The van der Waals surface area contributed by atoms with E-state index in [0.29, 0.717) is 10.8 Å². The van der Waals surface area contributed by atoms with Crippen LogP contribution in [0.2, 0.25) is 0 Å². The normalized spacial score (nSPS) is 54.6. The van der Waals surface area contributed by atoms with Crippen LogP contribution in [0.25, 0.3) is 0 Å². The molecule has 112 valence electrons. The quantitative estimate of drug-likeness (QED) is 0.391. The van der Waals surface area contributed by atoms with Crippen molar-refractivity contribution in [3.8, 4) is 0 Å². The zero-order chi connectivity index (χ0) is 13.9. The molecule has 0 heterocycles. The summed E-state index contributed by atoms with van der Waals surface area (Å²) in [7, 11) is 0. The van der Waals surface area contributed by atoms with Gasteiger partial charge in [0, 0.05) is 5.38 Å². The topological polar surface area (TPSA) is 0 Å². The number of halogens is 1. The van der Waals surface area contributed by atoms with Crippen LogP contribution in [0.15, 0.2) is 11.6 Å². The van der Waals surface area contributed by atoms with Gasteiger partial charge < -0.3 is 0 Å². The Bertz CT molecular complexity index is 425. The van der Waals surface area contributed by atoms with Crippen molar-refractivity contribution < 1.29 is 0 Å². The van der Waals surface area contributed by atoms with E-state index in [1.54, 1.807) is 5.57 Å². The standard InChI is InChI=1S/C19H29Cl/c1-12-3-5-16-15(12)7-8-18-17(16)6-4-13-11-14(20)9-10-19(13,18)2/h4,12,14-18H,3,5-11H2,1-2H3. The Hall–Kier alpha value is 0.0300. The van der Waals surface area contributed by atoms with Gasteiger partial charge in [-0.2, -0.15) is 0 Å². The van der Waals surface area contributed by atoms with E-state index in [-0.39, 0.29) is 0 Å². The van der Waals surface area contributed by atoms with Gasteiger partial charge in [-0.15, -0.1) is 11.6 Å². The average molecular weight is 293 g/mol. The minimum Gasteiger partial charge on any atom is -0.123 e. The van der Waals surface area contributed by atoms with Crippen molar-refractivity contribution in [2.75, 3.05) is 0 Å². The largest absolute Gasteiger partial charge is 0.123 e. The molecular formula is C19H29Cl. The summed E-state index contributed by atoms with van der Waals surface area (Å²) in [6.45, 7) is 5.09. The first kappa shape index (κ1) is 13.7. The highest BCUT2D eigenvalue weighted by atomic mass is 35.5. The second kappa shape index (κ2) is 4.77. The summed E-state index contributed by atoms with van der Waals surface area (Å²) in [4.78, 5) is 0. The van der Waals surface area contributed by atoms with Gasteiger partial charge in [-0.3, -0.25) is 0 Å². The predicted octanol–water partition coefficient (Wildman–Crippen LogP) is 5.80. The first-order chi connectivity index (χ1) is 9.59. The van der Waals surface area contributed by atoms with E-state index in [1.165, 1.54) is 51.4 Å². The molecule has 0 aromatic carbocycles. The van der Waals surface area contributed by atoms with E-state index < -0.39 is 0 Å². The summed E-state index contributed by atoms with van der Waals surface area (Å²) in [5, 5.41) is 0.411. The average Bonchev–Trinajstić information content (AvgIpc) is 2.82. The molecule has 4 aliphatic rings. The van der Waals surface area contributed by atoms with Crippen molar-refractivity contribution in [1.82, 2.24) is 0 Å². The molecule has 4 rings (SSSR count). The van der Waals surface area contributed by atoms with Crippen molar-refractivity contribution in [3.05, 3.63) is 11.6 Å². The number of fused-ring (bicyclic) bond motifs is 5. The van der Waals surface area contributed by atoms with Crippen molar-refractivity contribution in [2.45, 2.75) is 70.6 Å².